The van der Waals surface area contributed by atoms with E-state index in [2.05, 4.69) is 15.3 Å². The van der Waals surface area contributed by atoms with Gasteiger partial charge in [-0.05, 0) is 29.8 Å². The molecule has 1 aromatic heterocycles. The first-order valence-electron chi connectivity index (χ1n) is 8.72. The molecule has 0 fully saturated rings. The Kier molecular flexibility index (Phi) is 6.06. The van der Waals surface area contributed by atoms with Gasteiger partial charge in [-0.2, -0.15) is 0 Å². The van der Waals surface area contributed by atoms with Crippen LogP contribution in [0.1, 0.15) is 16.1 Å². The van der Waals surface area contributed by atoms with E-state index in [1.54, 1.807) is 26.5 Å². The fraction of sp³-hybridized carbons (Fsp3) is 0.190. The molecule has 1 amide bonds. The van der Waals surface area contributed by atoms with Crippen LogP contribution in [0, 0.1) is 0 Å². The van der Waals surface area contributed by atoms with E-state index in [9.17, 15) is 4.79 Å². The molecule has 0 saturated carbocycles. The van der Waals surface area contributed by atoms with Crippen LogP contribution in [-0.2, 0) is 6.54 Å². The van der Waals surface area contributed by atoms with Gasteiger partial charge >= 0.3 is 0 Å². The van der Waals surface area contributed by atoms with Crippen LogP contribution in [0.25, 0.3) is 0 Å². The molecule has 0 radical (unpaired) electrons. The van der Waals surface area contributed by atoms with Crippen molar-refractivity contribution < 1.29 is 14.3 Å². The van der Waals surface area contributed by atoms with Crippen molar-refractivity contribution >= 4 is 17.4 Å². The Labute approximate surface area is 164 Å². The van der Waals surface area contributed by atoms with Crippen molar-refractivity contribution in [1.29, 1.82) is 0 Å². The number of para-hydroxylation sites is 1. The van der Waals surface area contributed by atoms with Crippen LogP contribution in [0.4, 0.5) is 11.5 Å². The molecule has 3 rings (SSSR count). The lowest BCUT2D eigenvalue weighted by atomic mass is 10.2. The first-order chi connectivity index (χ1) is 13.6. The Morgan fingerprint density at radius 1 is 1.00 bits per heavy atom. The second-order valence-electron chi connectivity index (χ2n) is 6.03. The highest BCUT2D eigenvalue weighted by molar-refractivity contribution is 5.92. The average molecular weight is 378 g/mol. The smallest absolute Gasteiger partial charge is 0.271 e. The van der Waals surface area contributed by atoms with E-state index in [1.807, 2.05) is 54.4 Å². The Bertz CT molecular complexity index is 930. The molecule has 28 heavy (non-hydrogen) atoms. The van der Waals surface area contributed by atoms with Crippen molar-refractivity contribution in [2.45, 2.75) is 6.54 Å². The highest BCUT2D eigenvalue weighted by atomic mass is 16.5. The number of methoxy groups -OCH3 is 2. The highest BCUT2D eigenvalue weighted by Crippen LogP contribution is 2.27. The third kappa shape index (κ3) is 4.37. The standard InChI is InChI=1S/C21H22N4O3/c1-25(16-7-5-4-6-8-16)20-14-22-17(13-23-20)21(26)24-12-15-9-10-18(27-2)19(11-15)28-3/h4-11,13-14H,12H2,1-3H3,(H,24,26). The number of nitrogens with zero attached hydrogens (tertiary/aromatic N) is 3. The number of rotatable bonds is 7. The molecule has 0 aliphatic rings. The summed E-state index contributed by atoms with van der Waals surface area (Å²) in [5.41, 5.74) is 2.13. The van der Waals surface area contributed by atoms with Crippen molar-refractivity contribution in [3.63, 3.8) is 0 Å². The van der Waals surface area contributed by atoms with Crippen LogP contribution < -0.4 is 19.7 Å². The summed E-state index contributed by atoms with van der Waals surface area (Å²) in [6, 6.07) is 15.3. The molecule has 1 heterocycles. The van der Waals surface area contributed by atoms with Crippen LogP contribution in [-0.4, -0.2) is 37.1 Å². The van der Waals surface area contributed by atoms with Crippen LogP contribution in [0.2, 0.25) is 0 Å². The van der Waals surface area contributed by atoms with Gasteiger partial charge in [-0.1, -0.05) is 24.3 Å². The Morgan fingerprint density at radius 3 is 2.39 bits per heavy atom. The van der Waals surface area contributed by atoms with Gasteiger partial charge in [-0.3, -0.25) is 4.79 Å². The van der Waals surface area contributed by atoms with Crippen molar-refractivity contribution in [1.82, 2.24) is 15.3 Å². The number of carbonyl (C=O) groups excluding carboxylic acids is 1. The van der Waals surface area contributed by atoms with E-state index in [-0.39, 0.29) is 11.6 Å². The lowest BCUT2D eigenvalue weighted by Crippen LogP contribution is -2.24. The number of carbonyl (C=O) groups is 1. The minimum atomic E-state index is -0.295. The number of hydrogen-bond acceptors (Lipinski definition) is 6. The van der Waals surface area contributed by atoms with Crippen LogP contribution in [0.5, 0.6) is 11.5 Å². The summed E-state index contributed by atoms with van der Waals surface area (Å²) in [5, 5.41) is 2.83. The van der Waals surface area contributed by atoms with Crippen LogP contribution in [0.3, 0.4) is 0 Å². The summed E-state index contributed by atoms with van der Waals surface area (Å²) in [6.07, 6.45) is 3.05. The SMILES string of the molecule is COc1ccc(CNC(=O)c2cnc(N(C)c3ccccc3)cn2)cc1OC. The molecule has 0 aliphatic carbocycles. The molecule has 2 aromatic carbocycles. The number of ether oxygens (including phenoxy) is 2. The second-order valence-corrected chi connectivity index (χ2v) is 6.03. The summed E-state index contributed by atoms with van der Waals surface area (Å²) in [4.78, 5) is 22.8. The molecule has 3 aromatic rings. The molecule has 0 spiro atoms. The monoisotopic (exact) mass is 378 g/mol. The summed E-state index contributed by atoms with van der Waals surface area (Å²) in [6.45, 7) is 0.340. The predicted octanol–water partition coefficient (Wildman–Crippen LogP) is 3.19. The summed E-state index contributed by atoms with van der Waals surface area (Å²) < 4.78 is 10.5. The molecule has 7 nitrogen and oxygen atoms in total. The van der Waals surface area contributed by atoms with Crippen molar-refractivity contribution in [3.8, 4) is 11.5 Å². The number of benzene rings is 2. The fourth-order valence-corrected chi connectivity index (χ4v) is 2.66. The number of anilines is 2. The Morgan fingerprint density at radius 2 is 1.75 bits per heavy atom. The molecule has 0 aliphatic heterocycles. The lowest BCUT2D eigenvalue weighted by molar-refractivity contribution is 0.0945. The van der Waals surface area contributed by atoms with Crippen LogP contribution in [0.15, 0.2) is 60.9 Å². The first kappa shape index (κ1) is 19.2. The van der Waals surface area contributed by atoms with Gasteiger partial charge in [0, 0.05) is 19.3 Å². The third-order valence-electron chi connectivity index (χ3n) is 4.26. The third-order valence-corrected chi connectivity index (χ3v) is 4.26. The maximum Gasteiger partial charge on any atom is 0.271 e. The molecule has 0 saturated heterocycles. The molecular formula is C21H22N4O3. The van der Waals surface area contributed by atoms with E-state index in [0.29, 0.717) is 23.9 Å². The van der Waals surface area contributed by atoms with Gasteiger partial charge in [-0.15, -0.1) is 0 Å². The van der Waals surface area contributed by atoms with Gasteiger partial charge in [-0.25, -0.2) is 9.97 Å². The Hall–Kier alpha value is -3.61. The fourth-order valence-electron chi connectivity index (χ4n) is 2.66. The quantitative estimate of drug-likeness (QED) is 0.680. The highest BCUT2D eigenvalue weighted by Gasteiger charge is 2.11. The average Bonchev–Trinajstić information content (AvgIpc) is 2.77. The van der Waals surface area contributed by atoms with Crippen molar-refractivity contribution in [2.24, 2.45) is 0 Å². The molecular weight excluding hydrogens is 356 g/mol. The summed E-state index contributed by atoms with van der Waals surface area (Å²) >= 11 is 0. The van der Waals surface area contributed by atoms with E-state index < -0.39 is 0 Å². The lowest BCUT2D eigenvalue weighted by Gasteiger charge is -2.17. The van der Waals surface area contributed by atoms with Crippen LogP contribution >= 0.6 is 0 Å². The number of nitrogens with one attached hydrogen (secondary N) is 1. The van der Waals surface area contributed by atoms with Crippen molar-refractivity contribution in [2.75, 3.05) is 26.2 Å². The molecule has 0 unspecified atom stereocenters. The van der Waals surface area contributed by atoms with Crippen molar-refractivity contribution in [3.05, 3.63) is 72.2 Å². The van der Waals surface area contributed by atoms with Gasteiger partial charge in [0.2, 0.25) is 0 Å². The zero-order valence-electron chi connectivity index (χ0n) is 16.0. The van der Waals surface area contributed by atoms with Gasteiger partial charge < -0.3 is 19.7 Å². The predicted molar refractivity (Wildman–Crippen MR) is 107 cm³/mol. The van der Waals surface area contributed by atoms with E-state index in [1.165, 1.54) is 6.20 Å². The molecule has 0 atom stereocenters. The van der Waals surface area contributed by atoms with E-state index in [0.717, 1.165) is 11.3 Å². The van der Waals surface area contributed by atoms with Gasteiger partial charge in [0.25, 0.3) is 5.91 Å². The molecule has 0 bridgehead atoms. The number of hydrogen-bond donors (Lipinski definition) is 1. The van der Waals surface area contributed by atoms with E-state index in [4.69, 9.17) is 9.47 Å². The maximum absolute atomic E-state index is 12.4. The normalized spacial score (nSPS) is 10.2. The minimum Gasteiger partial charge on any atom is -0.493 e. The Balaban J connectivity index is 1.63. The topological polar surface area (TPSA) is 76.6 Å². The zero-order chi connectivity index (χ0) is 19.9. The number of aromatic nitrogens is 2. The van der Waals surface area contributed by atoms with E-state index >= 15 is 0 Å². The van der Waals surface area contributed by atoms with Gasteiger partial charge in [0.1, 0.15) is 5.69 Å². The molecule has 144 valence electrons. The minimum absolute atomic E-state index is 0.255. The number of amides is 1. The maximum atomic E-state index is 12.4. The molecule has 7 heteroatoms. The van der Waals surface area contributed by atoms with Gasteiger partial charge in [0.15, 0.2) is 17.3 Å². The zero-order valence-corrected chi connectivity index (χ0v) is 16.0. The summed E-state index contributed by atoms with van der Waals surface area (Å²) in [5.74, 6) is 1.61. The second kappa shape index (κ2) is 8.85. The largest absolute Gasteiger partial charge is 0.493 e. The first-order valence-corrected chi connectivity index (χ1v) is 8.72. The molecule has 1 N–H and O–H groups in total. The summed E-state index contributed by atoms with van der Waals surface area (Å²) in [7, 11) is 5.05. The van der Waals surface area contributed by atoms with Gasteiger partial charge in [0.05, 0.1) is 26.6 Å².